The summed E-state index contributed by atoms with van der Waals surface area (Å²) in [6, 6.07) is 21.8. The van der Waals surface area contributed by atoms with Gasteiger partial charge in [-0.3, -0.25) is 4.79 Å². The second kappa shape index (κ2) is 8.42. The number of sulfonamides is 1. The number of amides is 1. The smallest absolute Gasteiger partial charge is 0.255 e. The van der Waals surface area contributed by atoms with Gasteiger partial charge in [-0.1, -0.05) is 36.4 Å². The third-order valence-electron chi connectivity index (χ3n) is 5.29. The Labute approximate surface area is 177 Å². The number of aryl methyl sites for hydroxylation is 1. The highest BCUT2D eigenvalue weighted by molar-refractivity contribution is 7.89. The van der Waals surface area contributed by atoms with Crippen LogP contribution >= 0.6 is 0 Å². The van der Waals surface area contributed by atoms with E-state index in [4.69, 9.17) is 0 Å². The third-order valence-corrected chi connectivity index (χ3v) is 7.20. The lowest BCUT2D eigenvalue weighted by molar-refractivity contribution is 0.102. The van der Waals surface area contributed by atoms with Gasteiger partial charge in [-0.25, -0.2) is 8.42 Å². The number of hydrogen-bond donors (Lipinski definition) is 1. The van der Waals surface area contributed by atoms with Crippen LogP contribution in [0, 0.1) is 6.92 Å². The van der Waals surface area contributed by atoms with Gasteiger partial charge in [0.1, 0.15) is 0 Å². The Morgan fingerprint density at radius 1 is 0.867 bits per heavy atom. The fourth-order valence-electron chi connectivity index (χ4n) is 3.66. The Bertz CT molecular complexity index is 1170. The molecule has 1 heterocycles. The predicted molar refractivity (Wildman–Crippen MR) is 119 cm³/mol. The number of carbonyl (C=O) groups excluding carboxylic acids is 1. The molecule has 4 rings (SSSR count). The molecular formula is C24H24N2O3S. The summed E-state index contributed by atoms with van der Waals surface area (Å²) in [4.78, 5) is 13.0. The standard InChI is InChI=1S/C24H24N2O3S/c1-18-6-4-9-22(16-18)25-24(27)21-8-5-7-20(17-21)19-10-12-23(13-11-19)30(28,29)26-14-2-3-15-26/h4-13,16-17H,2-3,14-15H2,1H3,(H,25,27). The number of anilines is 1. The summed E-state index contributed by atoms with van der Waals surface area (Å²) >= 11 is 0. The van der Waals surface area contributed by atoms with Crippen molar-refractivity contribution in [2.75, 3.05) is 18.4 Å². The van der Waals surface area contributed by atoms with Gasteiger partial charge in [0.2, 0.25) is 10.0 Å². The van der Waals surface area contributed by atoms with Gasteiger partial charge < -0.3 is 5.32 Å². The fraction of sp³-hybridized carbons (Fsp3) is 0.208. The monoisotopic (exact) mass is 420 g/mol. The van der Waals surface area contributed by atoms with Gasteiger partial charge in [-0.05, 0) is 72.9 Å². The molecule has 0 spiro atoms. The molecule has 3 aromatic carbocycles. The number of benzene rings is 3. The molecule has 30 heavy (non-hydrogen) atoms. The van der Waals surface area contributed by atoms with Crippen molar-refractivity contribution in [1.29, 1.82) is 0 Å². The quantitative estimate of drug-likeness (QED) is 0.651. The van der Waals surface area contributed by atoms with Gasteiger partial charge in [0.25, 0.3) is 5.91 Å². The Morgan fingerprint density at radius 3 is 2.27 bits per heavy atom. The number of carbonyl (C=O) groups is 1. The van der Waals surface area contributed by atoms with Crippen molar-refractivity contribution < 1.29 is 13.2 Å². The first kappa shape index (κ1) is 20.3. The summed E-state index contributed by atoms with van der Waals surface area (Å²) in [6.07, 6.45) is 1.82. The third kappa shape index (κ3) is 4.30. The Hall–Kier alpha value is -2.96. The van der Waals surface area contributed by atoms with Crippen molar-refractivity contribution in [3.63, 3.8) is 0 Å². The van der Waals surface area contributed by atoms with Crippen LogP contribution in [0.3, 0.4) is 0 Å². The van der Waals surface area contributed by atoms with Crippen LogP contribution in [0.2, 0.25) is 0 Å². The molecule has 1 N–H and O–H groups in total. The maximum atomic E-state index is 12.7. The zero-order valence-corrected chi connectivity index (χ0v) is 17.7. The van der Waals surface area contributed by atoms with E-state index in [-0.39, 0.29) is 5.91 Å². The van der Waals surface area contributed by atoms with Gasteiger partial charge in [-0.15, -0.1) is 0 Å². The normalized spacial score (nSPS) is 14.6. The van der Waals surface area contributed by atoms with Gasteiger partial charge in [0.05, 0.1) is 4.90 Å². The first-order valence-electron chi connectivity index (χ1n) is 10.0. The Morgan fingerprint density at radius 2 is 1.57 bits per heavy atom. The number of nitrogens with one attached hydrogen (secondary N) is 1. The molecule has 0 unspecified atom stereocenters. The lowest BCUT2D eigenvalue weighted by Crippen LogP contribution is -2.27. The largest absolute Gasteiger partial charge is 0.322 e. The minimum absolute atomic E-state index is 0.185. The highest BCUT2D eigenvalue weighted by Crippen LogP contribution is 2.26. The Kier molecular flexibility index (Phi) is 5.70. The zero-order valence-electron chi connectivity index (χ0n) is 16.8. The van der Waals surface area contributed by atoms with Gasteiger partial charge >= 0.3 is 0 Å². The average Bonchev–Trinajstić information content (AvgIpc) is 3.30. The van der Waals surface area contributed by atoms with Crippen molar-refractivity contribution in [2.45, 2.75) is 24.7 Å². The highest BCUT2D eigenvalue weighted by Gasteiger charge is 2.26. The molecule has 1 amide bonds. The molecule has 154 valence electrons. The van der Waals surface area contributed by atoms with E-state index in [1.807, 2.05) is 49.4 Å². The highest BCUT2D eigenvalue weighted by atomic mass is 32.2. The molecular weight excluding hydrogens is 396 g/mol. The second-order valence-electron chi connectivity index (χ2n) is 7.54. The number of rotatable bonds is 5. The first-order valence-corrected chi connectivity index (χ1v) is 11.5. The van der Waals surface area contributed by atoms with E-state index in [0.717, 1.165) is 35.2 Å². The average molecular weight is 421 g/mol. The van der Waals surface area contributed by atoms with Gasteiger partial charge in [0, 0.05) is 24.3 Å². The summed E-state index contributed by atoms with van der Waals surface area (Å²) in [5.74, 6) is -0.185. The van der Waals surface area contributed by atoms with Crippen LogP contribution in [0.5, 0.6) is 0 Å². The van der Waals surface area contributed by atoms with E-state index in [1.54, 1.807) is 30.3 Å². The fourth-order valence-corrected chi connectivity index (χ4v) is 5.18. The van der Waals surface area contributed by atoms with Crippen molar-refractivity contribution in [3.8, 4) is 11.1 Å². The zero-order chi connectivity index (χ0) is 21.1. The molecule has 0 saturated carbocycles. The molecule has 1 saturated heterocycles. The molecule has 3 aromatic rings. The lowest BCUT2D eigenvalue weighted by atomic mass is 10.0. The summed E-state index contributed by atoms with van der Waals surface area (Å²) in [5, 5.41) is 2.91. The second-order valence-corrected chi connectivity index (χ2v) is 9.48. The van der Waals surface area contributed by atoms with Crippen molar-refractivity contribution >= 4 is 21.6 Å². The van der Waals surface area contributed by atoms with E-state index in [9.17, 15) is 13.2 Å². The van der Waals surface area contributed by atoms with E-state index >= 15 is 0 Å². The van der Waals surface area contributed by atoms with Crippen LogP contribution in [0.25, 0.3) is 11.1 Å². The summed E-state index contributed by atoms with van der Waals surface area (Å²) in [7, 11) is -3.43. The maximum Gasteiger partial charge on any atom is 0.255 e. The molecule has 1 aliphatic rings. The summed E-state index contributed by atoms with van der Waals surface area (Å²) < 4.78 is 26.9. The van der Waals surface area contributed by atoms with E-state index in [2.05, 4.69) is 5.32 Å². The molecule has 0 aliphatic carbocycles. The molecule has 6 heteroatoms. The van der Waals surface area contributed by atoms with Crippen molar-refractivity contribution in [2.24, 2.45) is 0 Å². The molecule has 0 radical (unpaired) electrons. The van der Waals surface area contributed by atoms with Crippen LogP contribution in [0.4, 0.5) is 5.69 Å². The number of nitrogens with zero attached hydrogens (tertiary/aromatic N) is 1. The van der Waals surface area contributed by atoms with E-state index in [0.29, 0.717) is 23.5 Å². The molecule has 1 aliphatic heterocycles. The Balaban J connectivity index is 1.54. The lowest BCUT2D eigenvalue weighted by Gasteiger charge is -2.15. The predicted octanol–water partition coefficient (Wildman–Crippen LogP) is 4.70. The molecule has 5 nitrogen and oxygen atoms in total. The minimum atomic E-state index is -3.43. The molecule has 0 bridgehead atoms. The molecule has 0 aromatic heterocycles. The van der Waals surface area contributed by atoms with E-state index in [1.165, 1.54) is 4.31 Å². The van der Waals surface area contributed by atoms with Crippen molar-refractivity contribution in [3.05, 3.63) is 83.9 Å². The summed E-state index contributed by atoms with van der Waals surface area (Å²) in [5.41, 5.74) is 4.09. The van der Waals surface area contributed by atoms with Crippen LogP contribution in [-0.2, 0) is 10.0 Å². The van der Waals surface area contributed by atoms with Crippen LogP contribution < -0.4 is 5.32 Å². The van der Waals surface area contributed by atoms with Crippen LogP contribution in [-0.4, -0.2) is 31.7 Å². The van der Waals surface area contributed by atoms with Crippen LogP contribution in [0.15, 0.2) is 77.7 Å². The maximum absolute atomic E-state index is 12.7. The number of hydrogen-bond acceptors (Lipinski definition) is 3. The minimum Gasteiger partial charge on any atom is -0.322 e. The first-order chi connectivity index (χ1) is 14.4. The van der Waals surface area contributed by atoms with E-state index < -0.39 is 10.0 Å². The molecule has 1 fully saturated rings. The summed E-state index contributed by atoms with van der Waals surface area (Å²) in [6.45, 7) is 3.15. The molecule has 0 atom stereocenters. The van der Waals surface area contributed by atoms with Gasteiger partial charge in [0.15, 0.2) is 0 Å². The van der Waals surface area contributed by atoms with Gasteiger partial charge in [-0.2, -0.15) is 4.31 Å². The van der Waals surface area contributed by atoms with Crippen molar-refractivity contribution in [1.82, 2.24) is 4.31 Å². The SMILES string of the molecule is Cc1cccc(NC(=O)c2cccc(-c3ccc(S(=O)(=O)N4CCCC4)cc3)c2)c1. The van der Waals surface area contributed by atoms with Crippen LogP contribution in [0.1, 0.15) is 28.8 Å². The topological polar surface area (TPSA) is 66.5 Å².